The third kappa shape index (κ3) is 2.29. The molecule has 0 atom stereocenters. The van der Waals surface area contributed by atoms with Gasteiger partial charge in [-0.3, -0.25) is 4.79 Å². The summed E-state index contributed by atoms with van der Waals surface area (Å²) < 4.78 is 2.00. The maximum atomic E-state index is 11.6. The predicted octanol–water partition coefficient (Wildman–Crippen LogP) is 2.99. The molecule has 0 fully saturated rings. The molecule has 0 unspecified atom stereocenters. The van der Waals surface area contributed by atoms with Crippen molar-refractivity contribution in [3.63, 3.8) is 0 Å². The first-order valence-corrected chi connectivity index (χ1v) is 5.79. The molecule has 0 N–H and O–H groups in total. The highest BCUT2D eigenvalue weighted by Gasteiger charge is 2.11. The Hall–Kier alpha value is -0.960. The van der Waals surface area contributed by atoms with Gasteiger partial charge in [0.2, 0.25) is 0 Å². The van der Waals surface area contributed by atoms with Crippen LogP contribution in [0.15, 0.2) is 24.3 Å². The zero-order valence-electron chi connectivity index (χ0n) is 8.78. The molecule has 0 aromatic heterocycles. The number of hydrogen-bond donors (Lipinski definition) is 0. The molecule has 2 nitrogen and oxygen atoms in total. The molecule has 1 rings (SSSR count). The summed E-state index contributed by atoms with van der Waals surface area (Å²) in [6, 6.07) is 7.71. The number of anilines is 1. The summed E-state index contributed by atoms with van der Waals surface area (Å²) in [6.07, 6.45) is 2.55. The molecular weight excluding hydrogens is 194 g/mol. The Morgan fingerprint density at radius 2 is 2.07 bits per heavy atom. The van der Waals surface area contributed by atoms with E-state index >= 15 is 0 Å². The van der Waals surface area contributed by atoms with Crippen molar-refractivity contribution < 1.29 is 4.79 Å². The van der Waals surface area contributed by atoms with E-state index in [-0.39, 0.29) is 5.78 Å². The average Bonchev–Trinajstić information content (AvgIpc) is 2.27. The van der Waals surface area contributed by atoms with Crippen LogP contribution >= 0.6 is 11.9 Å². The highest BCUT2D eigenvalue weighted by atomic mass is 32.2. The Morgan fingerprint density at radius 1 is 1.43 bits per heavy atom. The van der Waals surface area contributed by atoms with E-state index in [1.807, 2.05) is 48.8 Å². The van der Waals surface area contributed by atoms with Crippen LogP contribution in [0.3, 0.4) is 0 Å². The Kier molecular flexibility index (Phi) is 4.01. The van der Waals surface area contributed by atoms with Crippen LogP contribution < -0.4 is 4.31 Å². The standard InChI is InChI=1S/C11H15NOS/c1-4-11(13)9-7-5-6-8-10(9)12(2)14-3/h5-8H,4H2,1-3H3. The summed E-state index contributed by atoms with van der Waals surface area (Å²) >= 11 is 1.60. The molecule has 0 aliphatic carbocycles. The second-order valence-electron chi connectivity index (χ2n) is 2.97. The molecule has 0 aliphatic heterocycles. The van der Waals surface area contributed by atoms with E-state index in [2.05, 4.69) is 0 Å². The second kappa shape index (κ2) is 5.05. The van der Waals surface area contributed by atoms with Crippen molar-refractivity contribution in [1.29, 1.82) is 0 Å². The van der Waals surface area contributed by atoms with E-state index in [0.717, 1.165) is 11.3 Å². The highest BCUT2D eigenvalue weighted by Crippen LogP contribution is 2.24. The van der Waals surface area contributed by atoms with E-state index in [1.54, 1.807) is 11.9 Å². The number of ketones is 1. The van der Waals surface area contributed by atoms with Gasteiger partial charge in [-0.05, 0) is 12.1 Å². The quantitative estimate of drug-likeness (QED) is 0.561. The number of hydrogen-bond acceptors (Lipinski definition) is 3. The van der Waals surface area contributed by atoms with Gasteiger partial charge in [0.1, 0.15) is 0 Å². The first kappa shape index (κ1) is 11.1. The fraction of sp³-hybridized carbons (Fsp3) is 0.364. The van der Waals surface area contributed by atoms with Gasteiger partial charge in [-0.15, -0.1) is 0 Å². The van der Waals surface area contributed by atoms with Crippen LogP contribution in [0.5, 0.6) is 0 Å². The lowest BCUT2D eigenvalue weighted by Crippen LogP contribution is -2.10. The fourth-order valence-corrected chi connectivity index (χ4v) is 1.63. The topological polar surface area (TPSA) is 20.3 Å². The first-order valence-electron chi connectivity index (χ1n) is 4.60. The van der Waals surface area contributed by atoms with Gasteiger partial charge in [0.15, 0.2) is 5.78 Å². The molecule has 1 aromatic carbocycles. The Balaban J connectivity index is 3.09. The van der Waals surface area contributed by atoms with Gasteiger partial charge >= 0.3 is 0 Å². The normalized spacial score (nSPS) is 9.93. The van der Waals surface area contributed by atoms with Crippen molar-refractivity contribution in [3.8, 4) is 0 Å². The number of para-hydroxylation sites is 1. The maximum Gasteiger partial charge on any atom is 0.164 e. The molecule has 0 spiro atoms. The first-order chi connectivity index (χ1) is 6.70. The second-order valence-corrected chi connectivity index (χ2v) is 3.89. The lowest BCUT2D eigenvalue weighted by molar-refractivity contribution is 0.0989. The van der Waals surface area contributed by atoms with Gasteiger partial charge in [-0.1, -0.05) is 31.0 Å². The minimum atomic E-state index is 0.196. The molecule has 14 heavy (non-hydrogen) atoms. The number of carbonyl (C=O) groups is 1. The third-order valence-corrected chi connectivity index (χ3v) is 2.88. The molecule has 0 amide bonds. The van der Waals surface area contributed by atoms with E-state index in [4.69, 9.17) is 0 Å². The summed E-state index contributed by atoms with van der Waals surface area (Å²) in [7, 11) is 1.96. The molecule has 1 aromatic rings. The van der Waals surface area contributed by atoms with Gasteiger partial charge in [-0.2, -0.15) is 0 Å². The number of carbonyl (C=O) groups excluding carboxylic acids is 1. The smallest absolute Gasteiger partial charge is 0.164 e. The largest absolute Gasteiger partial charge is 0.319 e. The summed E-state index contributed by atoms with van der Waals surface area (Å²) in [5, 5.41) is 0. The van der Waals surface area contributed by atoms with Gasteiger partial charge in [-0.25, -0.2) is 0 Å². The van der Waals surface area contributed by atoms with Gasteiger partial charge in [0.05, 0.1) is 5.69 Å². The molecule has 76 valence electrons. The van der Waals surface area contributed by atoms with Crippen LogP contribution in [0.25, 0.3) is 0 Å². The summed E-state index contributed by atoms with van der Waals surface area (Å²) in [5.74, 6) is 0.196. The van der Waals surface area contributed by atoms with E-state index < -0.39 is 0 Å². The summed E-state index contributed by atoms with van der Waals surface area (Å²) in [6.45, 7) is 1.89. The van der Waals surface area contributed by atoms with Gasteiger partial charge in [0, 0.05) is 25.3 Å². The predicted molar refractivity (Wildman–Crippen MR) is 63.0 cm³/mol. The number of nitrogens with zero attached hydrogens (tertiary/aromatic N) is 1. The molecule has 0 saturated heterocycles. The van der Waals surface area contributed by atoms with Crippen molar-refractivity contribution in [1.82, 2.24) is 0 Å². The van der Waals surface area contributed by atoms with Crippen LogP contribution in [0.1, 0.15) is 23.7 Å². The van der Waals surface area contributed by atoms with Crippen LogP contribution in [0.2, 0.25) is 0 Å². The van der Waals surface area contributed by atoms with Crippen molar-refractivity contribution in [3.05, 3.63) is 29.8 Å². The zero-order chi connectivity index (χ0) is 10.6. The maximum absolute atomic E-state index is 11.6. The van der Waals surface area contributed by atoms with Crippen molar-refractivity contribution in [2.24, 2.45) is 0 Å². The van der Waals surface area contributed by atoms with Crippen molar-refractivity contribution in [2.45, 2.75) is 13.3 Å². The lowest BCUT2D eigenvalue weighted by atomic mass is 10.1. The number of benzene rings is 1. The monoisotopic (exact) mass is 209 g/mol. The minimum Gasteiger partial charge on any atom is -0.319 e. The molecular formula is C11H15NOS. The van der Waals surface area contributed by atoms with Gasteiger partial charge < -0.3 is 4.31 Å². The van der Waals surface area contributed by atoms with Crippen LogP contribution in [0, 0.1) is 0 Å². The van der Waals surface area contributed by atoms with Crippen LogP contribution in [-0.2, 0) is 0 Å². The molecule has 0 aliphatic rings. The van der Waals surface area contributed by atoms with Gasteiger partial charge in [0.25, 0.3) is 0 Å². The summed E-state index contributed by atoms with van der Waals surface area (Å²) in [5.41, 5.74) is 1.80. The lowest BCUT2D eigenvalue weighted by Gasteiger charge is -2.18. The molecule has 3 heteroatoms. The molecule has 0 bridgehead atoms. The van der Waals surface area contributed by atoms with E-state index in [0.29, 0.717) is 6.42 Å². The Labute approximate surface area is 89.4 Å². The fourth-order valence-electron chi connectivity index (χ4n) is 1.27. The number of rotatable bonds is 4. The molecule has 0 radical (unpaired) electrons. The Morgan fingerprint density at radius 3 is 2.64 bits per heavy atom. The van der Waals surface area contributed by atoms with Crippen LogP contribution in [0.4, 0.5) is 5.69 Å². The van der Waals surface area contributed by atoms with E-state index in [1.165, 1.54) is 0 Å². The average molecular weight is 209 g/mol. The molecule has 0 saturated carbocycles. The summed E-state index contributed by atoms with van der Waals surface area (Å²) in [4.78, 5) is 11.6. The van der Waals surface area contributed by atoms with Crippen molar-refractivity contribution in [2.75, 3.05) is 17.6 Å². The third-order valence-electron chi connectivity index (χ3n) is 2.14. The van der Waals surface area contributed by atoms with E-state index in [9.17, 15) is 4.79 Å². The van der Waals surface area contributed by atoms with Crippen molar-refractivity contribution >= 4 is 23.4 Å². The molecule has 0 heterocycles. The Bertz CT molecular complexity index is 325. The minimum absolute atomic E-state index is 0.196. The zero-order valence-corrected chi connectivity index (χ0v) is 9.60. The van der Waals surface area contributed by atoms with Crippen LogP contribution in [-0.4, -0.2) is 19.1 Å². The number of Topliss-reactive ketones (excluding diaryl/α,β-unsaturated/α-hetero) is 1. The highest BCUT2D eigenvalue weighted by molar-refractivity contribution is 7.99. The SMILES string of the molecule is CCC(=O)c1ccccc1N(C)SC.